The SMILES string of the molecule is C=C(C)C1Cc2c(cc(OC)c3c(=O)c4cccc(O)c4oc23)O1. The quantitative estimate of drug-likeness (QED) is 0.577. The van der Waals surface area contributed by atoms with Gasteiger partial charge in [0.25, 0.3) is 0 Å². The average molecular weight is 324 g/mol. The van der Waals surface area contributed by atoms with Crippen LogP contribution in [0.1, 0.15) is 12.5 Å². The van der Waals surface area contributed by atoms with E-state index in [-0.39, 0.29) is 22.9 Å². The van der Waals surface area contributed by atoms with Gasteiger partial charge in [-0.1, -0.05) is 12.6 Å². The van der Waals surface area contributed by atoms with E-state index in [1.54, 1.807) is 18.2 Å². The van der Waals surface area contributed by atoms with Crippen LogP contribution in [0.25, 0.3) is 21.9 Å². The van der Waals surface area contributed by atoms with Crippen LogP contribution in [-0.4, -0.2) is 18.3 Å². The second-order valence-corrected chi connectivity index (χ2v) is 6.00. The Morgan fingerprint density at radius 1 is 1.38 bits per heavy atom. The molecule has 0 amide bonds. The van der Waals surface area contributed by atoms with E-state index in [1.807, 2.05) is 6.92 Å². The number of aromatic hydroxyl groups is 1. The zero-order valence-corrected chi connectivity index (χ0v) is 13.4. The second-order valence-electron chi connectivity index (χ2n) is 6.00. The molecule has 0 saturated carbocycles. The van der Waals surface area contributed by atoms with Gasteiger partial charge in [-0.3, -0.25) is 4.79 Å². The molecule has 1 N–H and O–H groups in total. The van der Waals surface area contributed by atoms with Gasteiger partial charge in [-0.15, -0.1) is 0 Å². The minimum absolute atomic E-state index is 0.0709. The molecule has 122 valence electrons. The molecule has 0 saturated heterocycles. The van der Waals surface area contributed by atoms with Crippen molar-refractivity contribution in [3.63, 3.8) is 0 Å². The van der Waals surface area contributed by atoms with Crippen molar-refractivity contribution in [3.8, 4) is 17.2 Å². The number of fused-ring (bicyclic) bond motifs is 4. The van der Waals surface area contributed by atoms with E-state index in [4.69, 9.17) is 13.9 Å². The zero-order valence-electron chi connectivity index (χ0n) is 13.4. The number of hydrogen-bond donors (Lipinski definition) is 1. The summed E-state index contributed by atoms with van der Waals surface area (Å²) >= 11 is 0. The molecule has 5 nitrogen and oxygen atoms in total. The third-order valence-corrected chi connectivity index (χ3v) is 4.41. The molecular weight excluding hydrogens is 308 g/mol. The van der Waals surface area contributed by atoms with E-state index >= 15 is 0 Å². The molecule has 1 unspecified atom stereocenters. The van der Waals surface area contributed by atoms with Crippen LogP contribution < -0.4 is 14.9 Å². The van der Waals surface area contributed by atoms with E-state index in [0.717, 1.165) is 11.1 Å². The van der Waals surface area contributed by atoms with Crippen LogP contribution in [0.5, 0.6) is 17.2 Å². The van der Waals surface area contributed by atoms with Crippen LogP contribution >= 0.6 is 0 Å². The van der Waals surface area contributed by atoms with Crippen LogP contribution in [0.4, 0.5) is 0 Å². The van der Waals surface area contributed by atoms with Crippen LogP contribution in [0.2, 0.25) is 0 Å². The number of ether oxygens (including phenoxy) is 2. The van der Waals surface area contributed by atoms with Crippen molar-refractivity contribution in [2.75, 3.05) is 7.11 Å². The molecular formula is C19H16O5. The van der Waals surface area contributed by atoms with Gasteiger partial charge in [-0.2, -0.15) is 0 Å². The molecule has 4 rings (SSSR count). The lowest BCUT2D eigenvalue weighted by Crippen LogP contribution is -2.13. The molecule has 1 aromatic heterocycles. The molecule has 0 fully saturated rings. The van der Waals surface area contributed by atoms with Crippen LogP contribution in [0, 0.1) is 0 Å². The highest BCUT2D eigenvalue weighted by molar-refractivity contribution is 5.97. The lowest BCUT2D eigenvalue weighted by molar-refractivity contribution is 0.270. The highest BCUT2D eigenvalue weighted by atomic mass is 16.5. The maximum absolute atomic E-state index is 12.9. The molecule has 1 atom stereocenters. The van der Waals surface area contributed by atoms with E-state index in [0.29, 0.717) is 34.3 Å². The molecule has 3 aromatic rings. The van der Waals surface area contributed by atoms with Gasteiger partial charge >= 0.3 is 0 Å². The van der Waals surface area contributed by atoms with Gasteiger partial charge in [-0.05, 0) is 24.6 Å². The Morgan fingerprint density at radius 3 is 2.88 bits per heavy atom. The van der Waals surface area contributed by atoms with Crippen LogP contribution in [0.3, 0.4) is 0 Å². The van der Waals surface area contributed by atoms with Gasteiger partial charge in [-0.25, -0.2) is 0 Å². The third-order valence-electron chi connectivity index (χ3n) is 4.41. The maximum atomic E-state index is 12.9. The number of methoxy groups -OCH3 is 1. The van der Waals surface area contributed by atoms with E-state index in [1.165, 1.54) is 13.2 Å². The standard InChI is InChI=1S/C19H16O5/c1-9(2)13-7-11-14(23-13)8-15(22-3)16-17(21)10-5-4-6-12(20)18(10)24-19(11)16/h4-6,8,13,20H,1,7H2,2-3H3. The fraction of sp³-hybridized carbons (Fsp3) is 0.211. The molecule has 0 spiro atoms. The number of phenols is 1. The Morgan fingerprint density at radius 2 is 2.17 bits per heavy atom. The first-order valence-electron chi connectivity index (χ1n) is 7.61. The number of hydrogen-bond acceptors (Lipinski definition) is 5. The van der Waals surface area contributed by atoms with Crippen molar-refractivity contribution in [1.82, 2.24) is 0 Å². The summed E-state index contributed by atoms with van der Waals surface area (Å²) in [6.07, 6.45) is 0.397. The Kier molecular flexibility index (Phi) is 3.06. The summed E-state index contributed by atoms with van der Waals surface area (Å²) in [7, 11) is 1.50. The Labute approximate surface area is 137 Å². The normalized spacial score (nSPS) is 16.2. The molecule has 0 bridgehead atoms. The molecule has 0 radical (unpaired) electrons. The van der Waals surface area contributed by atoms with Gasteiger partial charge in [0.2, 0.25) is 5.43 Å². The molecule has 2 aromatic carbocycles. The first kappa shape index (κ1) is 14.6. The van der Waals surface area contributed by atoms with E-state index in [9.17, 15) is 9.90 Å². The summed E-state index contributed by atoms with van der Waals surface area (Å²) < 4.78 is 17.2. The smallest absolute Gasteiger partial charge is 0.204 e. The highest BCUT2D eigenvalue weighted by Gasteiger charge is 2.30. The third kappa shape index (κ3) is 1.91. The Hall–Kier alpha value is -2.95. The molecule has 24 heavy (non-hydrogen) atoms. The number of rotatable bonds is 2. The fourth-order valence-corrected chi connectivity index (χ4v) is 3.14. The van der Waals surface area contributed by atoms with Crippen molar-refractivity contribution in [2.45, 2.75) is 19.4 Å². The minimum Gasteiger partial charge on any atom is -0.504 e. The second kappa shape index (κ2) is 5.03. The molecule has 0 aliphatic carbocycles. The van der Waals surface area contributed by atoms with Crippen molar-refractivity contribution >= 4 is 21.9 Å². The van der Waals surface area contributed by atoms with Gasteiger partial charge in [0.1, 0.15) is 28.6 Å². The molecule has 5 heteroatoms. The maximum Gasteiger partial charge on any atom is 0.204 e. The van der Waals surface area contributed by atoms with Gasteiger partial charge < -0.3 is 19.0 Å². The number of phenolic OH excluding ortho intramolecular Hbond substituents is 1. The number of benzene rings is 2. The summed E-state index contributed by atoms with van der Waals surface area (Å²) in [6.45, 7) is 5.83. The zero-order chi connectivity index (χ0) is 17.0. The lowest BCUT2D eigenvalue weighted by atomic mass is 10.0. The van der Waals surface area contributed by atoms with E-state index in [2.05, 4.69) is 6.58 Å². The predicted molar refractivity (Wildman–Crippen MR) is 91.1 cm³/mol. The van der Waals surface area contributed by atoms with Gasteiger partial charge in [0.15, 0.2) is 11.3 Å². The minimum atomic E-state index is -0.236. The van der Waals surface area contributed by atoms with Crippen molar-refractivity contribution in [1.29, 1.82) is 0 Å². The monoisotopic (exact) mass is 324 g/mol. The summed E-state index contributed by atoms with van der Waals surface area (Å²) in [5.74, 6) is 0.939. The first-order valence-corrected chi connectivity index (χ1v) is 7.61. The van der Waals surface area contributed by atoms with Gasteiger partial charge in [0.05, 0.1) is 12.5 Å². The van der Waals surface area contributed by atoms with Crippen molar-refractivity contribution in [2.24, 2.45) is 0 Å². The average Bonchev–Trinajstić information content (AvgIpc) is 2.99. The molecule has 1 aliphatic heterocycles. The fourth-order valence-electron chi connectivity index (χ4n) is 3.14. The predicted octanol–water partition coefficient (Wildman–Crippen LogP) is 3.54. The summed E-state index contributed by atoms with van der Waals surface area (Å²) in [5.41, 5.74) is 2.02. The van der Waals surface area contributed by atoms with Crippen molar-refractivity contribution < 1.29 is 19.0 Å². The summed E-state index contributed by atoms with van der Waals surface area (Å²) in [4.78, 5) is 12.9. The summed E-state index contributed by atoms with van der Waals surface area (Å²) in [5, 5.41) is 10.7. The largest absolute Gasteiger partial charge is 0.504 e. The number of para-hydroxylation sites is 1. The Balaban J connectivity index is 2.15. The van der Waals surface area contributed by atoms with Crippen LogP contribution in [-0.2, 0) is 6.42 Å². The van der Waals surface area contributed by atoms with Gasteiger partial charge in [0, 0.05) is 18.1 Å². The van der Waals surface area contributed by atoms with Crippen molar-refractivity contribution in [3.05, 3.63) is 52.2 Å². The van der Waals surface area contributed by atoms with Crippen LogP contribution in [0.15, 0.2) is 45.6 Å². The topological polar surface area (TPSA) is 68.9 Å². The Bertz CT molecular complexity index is 1060. The lowest BCUT2D eigenvalue weighted by Gasteiger charge is -2.10. The molecule has 2 heterocycles. The highest BCUT2D eigenvalue weighted by Crippen LogP contribution is 2.42. The van der Waals surface area contributed by atoms with E-state index < -0.39 is 0 Å². The molecule has 1 aliphatic rings. The first-order chi connectivity index (χ1) is 11.5. The summed E-state index contributed by atoms with van der Waals surface area (Å²) in [6, 6.07) is 6.44.